The zero-order valence-electron chi connectivity index (χ0n) is 11.4. The van der Waals surface area contributed by atoms with E-state index in [1.807, 2.05) is 6.92 Å². The minimum Gasteiger partial charge on any atom is -0.393 e. The Morgan fingerprint density at radius 1 is 1.37 bits per heavy atom. The van der Waals surface area contributed by atoms with Crippen LogP contribution in [0.3, 0.4) is 0 Å². The SMILES string of the molecule is Cc1ccc(Cl)cc1S(=O)(=O)NCC(C)CC(C)O. The summed E-state index contributed by atoms with van der Waals surface area (Å²) in [5.74, 6) is 0.0641. The monoisotopic (exact) mass is 305 g/mol. The van der Waals surface area contributed by atoms with Gasteiger partial charge in [-0.3, -0.25) is 0 Å². The van der Waals surface area contributed by atoms with Crippen LogP contribution in [-0.4, -0.2) is 26.2 Å². The van der Waals surface area contributed by atoms with Crippen LogP contribution < -0.4 is 4.72 Å². The van der Waals surface area contributed by atoms with E-state index in [1.54, 1.807) is 26.0 Å². The normalized spacial score (nSPS) is 15.2. The van der Waals surface area contributed by atoms with Gasteiger partial charge in [-0.2, -0.15) is 0 Å². The fourth-order valence-electron chi connectivity index (χ4n) is 1.86. The molecule has 0 aromatic heterocycles. The second kappa shape index (κ2) is 6.70. The Kier molecular flexibility index (Phi) is 5.80. The second-order valence-corrected chi connectivity index (χ2v) is 7.12. The third-order valence-corrected chi connectivity index (χ3v) is 4.61. The third-order valence-electron chi connectivity index (χ3n) is 2.81. The van der Waals surface area contributed by atoms with Gasteiger partial charge < -0.3 is 5.11 Å². The van der Waals surface area contributed by atoms with Crippen molar-refractivity contribution in [3.8, 4) is 0 Å². The molecule has 0 radical (unpaired) electrons. The largest absolute Gasteiger partial charge is 0.393 e. The molecule has 2 N–H and O–H groups in total. The van der Waals surface area contributed by atoms with Crippen LogP contribution in [0, 0.1) is 12.8 Å². The second-order valence-electron chi connectivity index (χ2n) is 4.95. The summed E-state index contributed by atoms with van der Waals surface area (Å²) in [6.45, 7) is 5.59. The summed E-state index contributed by atoms with van der Waals surface area (Å²) in [6.07, 6.45) is 0.115. The summed E-state index contributed by atoms with van der Waals surface area (Å²) >= 11 is 5.83. The number of aliphatic hydroxyl groups is 1. The van der Waals surface area contributed by atoms with E-state index in [2.05, 4.69) is 4.72 Å². The fraction of sp³-hybridized carbons (Fsp3) is 0.538. The Labute approximate surface area is 119 Å². The predicted octanol–water partition coefficient (Wildman–Crippen LogP) is 2.33. The molecule has 0 saturated heterocycles. The van der Waals surface area contributed by atoms with Crippen molar-refractivity contribution in [3.63, 3.8) is 0 Å². The summed E-state index contributed by atoms with van der Waals surface area (Å²) in [6, 6.07) is 4.78. The number of hydrogen-bond acceptors (Lipinski definition) is 3. The highest BCUT2D eigenvalue weighted by molar-refractivity contribution is 7.89. The van der Waals surface area contributed by atoms with Crippen LogP contribution >= 0.6 is 11.6 Å². The van der Waals surface area contributed by atoms with Gasteiger partial charge in [0, 0.05) is 11.6 Å². The highest BCUT2D eigenvalue weighted by Crippen LogP contribution is 2.20. The molecule has 1 aromatic rings. The lowest BCUT2D eigenvalue weighted by Gasteiger charge is -2.15. The molecule has 0 fully saturated rings. The quantitative estimate of drug-likeness (QED) is 0.847. The minimum atomic E-state index is -3.56. The Balaban J connectivity index is 2.79. The van der Waals surface area contributed by atoms with Crippen LogP contribution in [0.2, 0.25) is 5.02 Å². The highest BCUT2D eigenvalue weighted by Gasteiger charge is 2.18. The van der Waals surface area contributed by atoms with Crippen molar-refractivity contribution in [1.82, 2.24) is 4.72 Å². The van der Waals surface area contributed by atoms with Gasteiger partial charge in [0.15, 0.2) is 0 Å². The molecule has 0 aliphatic heterocycles. The van der Waals surface area contributed by atoms with Crippen molar-refractivity contribution < 1.29 is 13.5 Å². The lowest BCUT2D eigenvalue weighted by atomic mass is 10.1. The number of benzene rings is 1. The molecular formula is C13H20ClNO3S. The van der Waals surface area contributed by atoms with Crippen molar-refractivity contribution >= 4 is 21.6 Å². The van der Waals surface area contributed by atoms with Gasteiger partial charge in [-0.1, -0.05) is 24.6 Å². The number of aryl methyl sites for hydroxylation is 1. The molecule has 1 aromatic carbocycles. The maximum Gasteiger partial charge on any atom is 0.240 e. The average Bonchev–Trinajstić information content (AvgIpc) is 2.29. The van der Waals surface area contributed by atoms with E-state index in [4.69, 9.17) is 11.6 Å². The van der Waals surface area contributed by atoms with Gasteiger partial charge in [-0.25, -0.2) is 13.1 Å². The van der Waals surface area contributed by atoms with Crippen LogP contribution in [0.1, 0.15) is 25.8 Å². The number of nitrogens with one attached hydrogen (secondary N) is 1. The van der Waals surface area contributed by atoms with Crippen molar-refractivity contribution in [2.75, 3.05) is 6.54 Å². The average molecular weight is 306 g/mol. The van der Waals surface area contributed by atoms with E-state index in [9.17, 15) is 13.5 Å². The van der Waals surface area contributed by atoms with Gasteiger partial charge in [-0.05, 0) is 43.9 Å². The van der Waals surface area contributed by atoms with E-state index >= 15 is 0 Å². The van der Waals surface area contributed by atoms with E-state index in [-0.39, 0.29) is 10.8 Å². The van der Waals surface area contributed by atoms with Gasteiger partial charge in [0.05, 0.1) is 11.0 Å². The van der Waals surface area contributed by atoms with E-state index in [0.717, 1.165) is 0 Å². The molecule has 0 bridgehead atoms. The third kappa shape index (κ3) is 5.10. The summed E-state index contributed by atoms with van der Waals surface area (Å²) < 4.78 is 26.9. The number of sulfonamides is 1. The van der Waals surface area contributed by atoms with Crippen molar-refractivity contribution in [1.29, 1.82) is 0 Å². The number of hydrogen-bond donors (Lipinski definition) is 2. The number of rotatable bonds is 6. The zero-order valence-corrected chi connectivity index (χ0v) is 12.9. The van der Waals surface area contributed by atoms with Gasteiger partial charge in [0.25, 0.3) is 0 Å². The predicted molar refractivity (Wildman–Crippen MR) is 76.8 cm³/mol. The molecule has 0 saturated carbocycles. The first kappa shape index (κ1) is 16.4. The summed E-state index contributed by atoms with van der Waals surface area (Å²) in [4.78, 5) is 0.198. The number of halogens is 1. The van der Waals surface area contributed by atoms with Gasteiger partial charge in [0.1, 0.15) is 0 Å². The van der Waals surface area contributed by atoms with Gasteiger partial charge in [-0.15, -0.1) is 0 Å². The fourth-order valence-corrected chi connectivity index (χ4v) is 3.53. The van der Waals surface area contributed by atoms with Crippen LogP contribution in [0.4, 0.5) is 0 Å². The van der Waals surface area contributed by atoms with Crippen LogP contribution in [-0.2, 0) is 10.0 Å². The smallest absolute Gasteiger partial charge is 0.240 e. The van der Waals surface area contributed by atoms with Gasteiger partial charge >= 0.3 is 0 Å². The Morgan fingerprint density at radius 3 is 2.58 bits per heavy atom. The molecule has 0 spiro atoms. The molecule has 6 heteroatoms. The molecule has 19 heavy (non-hydrogen) atoms. The topological polar surface area (TPSA) is 66.4 Å². The standard InChI is InChI=1S/C13H20ClNO3S/c1-9(6-11(3)16)8-15-19(17,18)13-7-12(14)5-4-10(13)2/h4-5,7,9,11,15-16H,6,8H2,1-3H3. The first-order valence-corrected chi connectivity index (χ1v) is 8.02. The molecule has 2 unspecified atom stereocenters. The highest BCUT2D eigenvalue weighted by atomic mass is 35.5. The first-order valence-electron chi connectivity index (χ1n) is 6.16. The molecule has 0 amide bonds. The first-order chi connectivity index (χ1) is 8.72. The summed E-state index contributed by atoms with van der Waals surface area (Å²) in [5.41, 5.74) is 0.653. The van der Waals surface area contributed by atoms with E-state index in [1.165, 1.54) is 6.07 Å². The van der Waals surface area contributed by atoms with Crippen LogP contribution in [0.25, 0.3) is 0 Å². The maximum absolute atomic E-state index is 12.2. The molecule has 0 aliphatic carbocycles. The zero-order chi connectivity index (χ0) is 14.6. The molecule has 108 valence electrons. The molecule has 0 aliphatic rings. The van der Waals surface area contributed by atoms with Crippen molar-refractivity contribution in [2.45, 2.75) is 38.2 Å². The van der Waals surface area contributed by atoms with Crippen LogP contribution in [0.15, 0.2) is 23.1 Å². The maximum atomic E-state index is 12.2. The van der Waals surface area contributed by atoms with Crippen molar-refractivity contribution in [2.24, 2.45) is 5.92 Å². The van der Waals surface area contributed by atoms with Crippen molar-refractivity contribution in [3.05, 3.63) is 28.8 Å². The summed E-state index contributed by atoms with van der Waals surface area (Å²) in [5, 5.41) is 9.65. The Bertz CT molecular complexity index is 529. The molecule has 1 rings (SSSR count). The molecule has 2 atom stereocenters. The lowest BCUT2D eigenvalue weighted by Crippen LogP contribution is -2.30. The Hall–Kier alpha value is -0.620. The summed E-state index contributed by atoms with van der Waals surface area (Å²) in [7, 11) is -3.56. The molecular weight excluding hydrogens is 286 g/mol. The van der Waals surface area contributed by atoms with Crippen LogP contribution in [0.5, 0.6) is 0 Å². The van der Waals surface area contributed by atoms with E-state index < -0.39 is 16.1 Å². The molecule has 4 nitrogen and oxygen atoms in total. The number of aliphatic hydroxyl groups excluding tert-OH is 1. The van der Waals surface area contributed by atoms with Gasteiger partial charge in [0.2, 0.25) is 10.0 Å². The molecule has 0 heterocycles. The lowest BCUT2D eigenvalue weighted by molar-refractivity contribution is 0.165. The Morgan fingerprint density at radius 2 is 2.00 bits per heavy atom. The minimum absolute atomic E-state index is 0.0641. The van der Waals surface area contributed by atoms with E-state index in [0.29, 0.717) is 23.6 Å².